The highest BCUT2D eigenvalue weighted by Crippen LogP contribution is 2.55. The summed E-state index contributed by atoms with van der Waals surface area (Å²) in [4.78, 5) is 23.8. The number of fused-ring (bicyclic) bond motifs is 2. The number of hydrogen-bond acceptors (Lipinski definition) is 3. The Bertz CT molecular complexity index is 626. The molecule has 2 fully saturated rings. The number of carbonyl (C=O) groups excluding carboxylic acids is 2. The molecule has 6 heteroatoms. The van der Waals surface area contributed by atoms with Crippen molar-refractivity contribution in [2.24, 2.45) is 0 Å². The lowest BCUT2D eigenvalue weighted by atomic mass is 9.81. The van der Waals surface area contributed by atoms with Crippen molar-refractivity contribution in [3.63, 3.8) is 0 Å². The van der Waals surface area contributed by atoms with Gasteiger partial charge in [-0.3, -0.25) is 10.1 Å². The van der Waals surface area contributed by atoms with Crippen molar-refractivity contribution in [3.05, 3.63) is 28.2 Å². The van der Waals surface area contributed by atoms with Crippen molar-refractivity contribution in [2.45, 2.75) is 30.4 Å². The third-order valence-electron chi connectivity index (χ3n) is 4.06. The molecule has 2 spiro atoms. The number of urea groups is 1. The average Bonchev–Trinajstić information content (AvgIpc) is 3.02. The monoisotopic (exact) mass is 322 g/mol. The van der Waals surface area contributed by atoms with E-state index in [-0.39, 0.29) is 11.5 Å². The number of benzene rings is 1. The zero-order chi connectivity index (χ0) is 13.3. The van der Waals surface area contributed by atoms with Gasteiger partial charge in [-0.15, -0.1) is 0 Å². The first-order valence-electron chi connectivity index (χ1n) is 6.16. The minimum Gasteiger partial charge on any atom is -0.487 e. The largest absolute Gasteiger partial charge is 0.487 e. The summed E-state index contributed by atoms with van der Waals surface area (Å²) in [6.07, 6.45) is 2.35. The third-order valence-corrected chi connectivity index (χ3v) is 4.56. The molecule has 1 saturated carbocycles. The molecule has 0 aromatic heterocycles. The molecule has 4 rings (SSSR count). The molecular weight excluding hydrogens is 312 g/mol. The number of hydrogen-bond donors (Lipinski definition) is 2. The van der Waals surface area contributed by atoms with Gasteiger partial charge in [0.05, 0.1) is 0 Å². The number of rotatable bonds is 0. The molecule has 0 bridgehead atoms. The maximum absolute atomic E-state index is 12.3. The van der Waals surface area contributed by atoms with E-state index in [1.165, 1.54) is 0 Å². The highest BCUT2D eigenvalue weighted by Gasteiger charge is 2.62. The van der Waals surface area contributed by atoms with Gasteiger partial charge in [0, 0.05) is 16.5 Å². The molecule has 3 amide bonds. The van der Waals surface area contributed by atoms with E-state index < -0.39 is 11.6 Å². The summed E-state index contributed by atoms with van der Waals surface area (Å²) in [7, 11) is 0. The second kappa shape index (κ2) is 3.30. The first kappa shape index (κ1) is 11.3. The second-order valence-corrected chi connectivity index (χ2v) is 6.33. The molecule has 2 heterocycles. The molecule has 1 saturated heterocycles. The number of carbonyl (C=O) groups is 2. The molecule has 2 N–H and O–H groups in total. The van der Waals surface area contributed by atoms with Crippen LogP contribution in [-0.4, -0.2) is 17.5 Å². The Morgan fingerprint density at radius 3 is 2.68 bits per heavy atom. The number of ether oxygens (including phenoxy) is 1. The van der Waals surface area contributed by atoms with Crippen LogP contribution in [0.3, 0.4) is 0 Å². The SMILES string of the molecule is O=C1NC(=O)C2(CC3(CC3)Oc3ccc(Br)cc32)N1. The van der Waals surface area contributed by atoms with E-state index in [2.05, 4.69) is 26.6 Å². The minimum absolute atomic E-state index is 0.282. The summed E-state index contributed by atoms with van der Waals surface area (Å²) in [5.74, 6) is 0.399. The molecule has 1 atom stereocenters. The number of amides is 3. The quantitative estimate of drug-likeness (QED) is 0.716. The predicted molar refractivity (Wildman–Crippen MR) is 69.7 cm³/mol. The van der Waals surface area contributed by atoms with Crippen LogP contribution in [0.1, 0.15) is 24.8 Å². The van der Waals surface area contributed by atoms with Crippen LogP contribution < -0.4 is 15.4 Å². The van der Waals surface area contributed by atoms with Gasteiger partial charge in [-0.05, 0) is 31.0 Å². The van der Waals surface area contributed by atoms with Crippen LogP contribution in [0.4, 0.5) is 4.79 Å². The fraction of sp³-hybridized carbons (Fsp3) is 0.385. The average molecular weight is 323 g/mol. The van der Waals surface area contributed by atoms with Gasteiger partial charge < -0.3 is 10.1 Å². The van der Waals surface area contributed by atoms with E-state index >= 15 is 0 Å². The van der Waals surface area contributed by atoms with Gasteiger partial charge in [0.1, 0.15) is 11.4 Å². The minimum atomic E-state index is -0.981. The zero-order valence-corrected chi connectivity index (χ0v) is 11.5. The molecule has 1 aliphatic carbocycles. The summed E-state index contributed by atoms with van der Waals surface area (Å²) in [6.45, 7) is 0. The lowest BCUT2D eigenvalue weighted by Crippen LogP contribution is -2.51. The topological polar surface area (TPSA) is 67.4 Å². The van der Waals surface area contributed by atoms with E-state index in [4.69, 9.17) is 4.74 Å². The van der Waals surface area contributed by atoms with Gasteiger partial charge in [0.25, 0.3) is 5.91 Å². The summed E-state index contributed by atoms with van der Waals surface area (Å²) >= 11 is 3.40. The van der Waals surface area contributed by atoms with Gasteiger partial charge in [0.2, 0.25) is 0 Å². The van der Waals surface area contributed by atoms with Crippen LogP contribution in [0.15, 0.2) is 22.7 Å². The summed E-state index contributed by atoms with van der Waals surface area (Å²) in [5.41, 5.74) is -0.538. The molecular formula is C13H11BrN2O3. The predicted octanol–water partition coefficient (Wildman–Crippen LogP) is 1.80. The van der Waals surface area contributed by atoms with Crippen molar-refractivity contribution in [1.82, 2.24) is 10.6 Å². The summed E-state index contributed by atoms with van der Waals surface area (Å²) in [6, 6.07) is 5.13. The van der Waals surface area contributed by atoms with Crippen molar-refractivity contribution >= 4 is 27.9 Å². The molecule has 3 aliphatic rings. The van der Waals surface area contributed by atoms with Gasteiger partial charge >= 0.3 is 6.03 Å². The lowest BCUT2D eigenvalue weighted by Gasteiger charge is -2.38. The normalized spacial score (nSPS) is 29.7. The highest BCUT2D eigenvalue weighted by atomic mass is 79.9. The summed E-state index contributed by atoms with van der Waals surface area (Å²) in [5, 5.41) is 5.14. The van der Waals surface area contributed by atoms with Crippen LogP contribution >= 0.6 is 15.9 Å². The molecule has 98 valence electrons. The second-order valence-electron chi connectivity index (χ2n) is 5.42. The number of imide groups is 1. The lowest BCUT2D eigenvalue weighted by molar-refractivity contribution is -0.126. The van der Waals surface area contributed by atoms with Crippen molar-refractivity contribution in [3.8, 4) is 5.75 Å². The highest BCUT2D eigenvalue weighted by molar-refractivity contribution is 9.10. The fourth-order valence-corrected chi connectivity index (χ4v) is 3.36. The fourth-order valence-electron chi connectivity index (χ4n) is 3.00. The molecule has 2 aliphatic heterocycles. The first-order valence-corrected chi connectivity index (χ1v) is 6.95. The third kappa shape index (κ3) is 1.46. The molecule has 1 unspecified atom stereocenters. The smallest absolute Gasteiger partial charge is 0.322 e. The van der Waals surface area contributed by atoms with Crippen LogP contribution in [0.5, 0.6) is 5.75 Å². The molecule has 19 heavy (non-hydrogen) atoms. The van der Waals surface area contributed by atoms with Gasteiger partial charge in [-0.1, -0.05) is 15.9 Å². The number of halogens is 1. The Balaban J connectivity index is 1.94. The van der Waals surface area contributed by atoms with Crippen LogP contribution in [0.25, 0.3) is 0 Å². The van der Waals surface area contributed by atoms with Gasteiger partial charge in [0.15, 0.2) is 5.54 Å². The number of nitrogens with one attached hydrogen (secondary N) is 2. The molecule has 0 radical (unpaired) electrons. The van der Waals surface area contributed by atoms with Gasteiger partial charge in [-0.2, -0.15) is 0 Å². The van der Waals surface area contributed by atoms with Crippen molar-refractivity contribution < 1.29 is 14.3 Å². The van der Waals surface area contributed by atoms with Gasteiger partial charge in [-0.25, -0.2) is 4.79 Å². The van der Waals surface area contributed by atoms with Crippen LogP contribution in [-0.2, 0) is 10.3 Å². The molecule has 1 aromatic rings. The van der Waals surface area contributed by atoms with Crippen LogP contribution in [0, 0.1) is 0 Å². The Kier molecular flexibility index (Phi) is 1.96. The maximum atomic E-state index is 12.3. The van der Waals surface area contributed by atoms with Crippen molar-refractivity contribution in [1.29, 1.82) is 0 Å². The van der Waals surface area contributed by atoms with E-state index in [0.717, 1.165) is 22.9 Å². The zero-order valence-electron chi connectivity index (χ0n) is 9.96. The Hall–Kier alpha value is -1.56. The standard InChI is InChI=1S/C13H11BrN2O3/c14-7-1-2-9-8(5-7)13(6-12(19-9)3-4-12)10(17)15-11(18)16-13/h1-2,5H,3-4,6H2,(H2,15,16,17,18). The van der Waals surface area contributed by atoms with Crippen molar-refractivity contribution in [2.75, 3.05) is 0 Å². The van der Waals surface area contributed by atoms with E-state index in [0.29, 0.717) is 12.2 Å². The van der Waals surface area contributed by atoms with Crippen LogP contribution in [0.2, 0.25) is 0 Å². The Labute approximate surface area is 117 Å². The van der Waals surface area contributed by atoms with E-state index in [1.54, 1.807) is 0 Å². The maximum Gasteiger partial charge on any atom is 0.322 e. The first-order chi connectivity index (χ1) is 9.03. The van der Waals surface area contributed by atoms with E-state index in [9.17, 15) is 9.59 Å². The Morgan fingerprint density at radius 1 is 1.26 bits per heavy atom. The summed E-state index contributed by atoms with van der Waals surface area (Å²) < 4.78 is 6.86. The van der Waals surface area contributed by atoms with E-state index in [1.807, 2.05) is 18.2 Å². The molecule has 5 nitrogen and oxygen atoms in total. The Morgan fingerprint density at radius 2 is 2.05 bits per heavy atom. The molecule has 1 aromatic carbocycles.